The molecule has 0 spiro atoms. The first-order chi connectivity index (χ1) is 10.1. The lowest BCUT2D eigenvalue weighted by atomic mass is 10.2. The summed E-state index contributed by atoms with van der Waals surface area (Å²) in [5.74, 6) is -2.04. The Bertz CT molecular complexity index is 637. The molecule has 1 fully saturated rings. The fourth-order valence-corrected chi connectivity index (χ4v) is 2.44. The molecule has 0 unspecified atom stereocenters. The van der Waals surface area contributed by atoms with Crippen molar-refractivity contribution in [1.29, 1.82) is 0 Å². The fraction of sp³-hybridized carbons (Fsp3) is 0.267. The summed E-state index contributed by atoms with van der Waals surface area (Å²) in [7, 11) is 0. The second kappa shape index (κ2) is 5.55. The van der Waals surface area contributed by atoms with Crippen molar-refractivity contribution in [2.45, 2.75) is 12.8 Å². The molecule has 3 N–H and O–H groups in total. The van der Waals surface area contributed by atoms with Crippen LogP contribution < -0.4 is 16.0 Å². The predicted molar refractivity (Wildman–Crippen MR) is 79.7 cm³/mol. The number of nitrogens with two attached hydrogens (primary N) is 1. The van der Waals surface area contributed by atoms with Crippen LogP contribution >= 0.6 is 0 Å². The van der Waals surface area contributed by atoms with Gasteiger partial charge >= 0.3 is 0 Å². The van der Waals surface area contributed by atoms with E-state index in [9.17, 15) is 8.78 Å². The molecule has 110 valence electrons. The predicted octanol–water partition coefficient (Wildman–Crippen LogP) is 3.29. The van der Waals surface area contributed by atoms with Crippen LogP contribution in [0.25, 0.3) is 0 Å². The molecular weight excluding hydrogens is 274 g/mol. The fourth-order valence-electron chi connectivity index (χ4n) is 2.44. The van der Waals surface area contributed by atoms with Crippen LogP contribution in [0.3, 0.4) is 0 Å². The topological polar surface area (TPSA) is 54.2 Å². The van der Waals surface area contributed by atoms with Crippen molar-refractivity contribution in [2.75, 3.05) is 29.0 Å². The largest absolute Gasteiger partial charge is 0.381 e. The maximum atomic E-state index is 13.6. The van der Waals surface area contributed by atoms with Crippen LogP contribution in [-0.2, 0) is 0 Å². The van der Waals surface area contributed by atoms with Crippen molar-refractivity contribution in [2.24, 2.45) is 0 Å². The van der Waals surface area contributed by atoms with Crippen LogP contribution in [0.1, 0.15) is 12.8 Å². The average Bonchev–Trinajstić information content (AvgIpc) is 3.00. The summed E-state index contributed by atoms with van der Waals surface area (Å²) < 4.78 is 26.7. The highest BCUT2D eigenvalue weighted by atomic mass is 19.1. The summed E-state index contributed by atoms with van der Waals surface area (Å²) in [6.45, 7) is 2.13. The summed E-state index contributed by atoms with van der Waals surface area (Å²) in [5, 5.41) is 2.81. The van der Waals surface area contributed by atoms with Gasteiger partial charge in [0, 0.05) is 30.5 Å². The number of pyridine rings is 1. The van der Waals surface area contributed by atoms with Gasteiger partial charge in [-0.3, -0.25) is 0 Å². The van der Waals surface area contributed by atoms with E-state index >= 15 is 0 Å². The third-order valence-corrected chi connectivity index (χ3v) is 3.56. The molecule has 0 amide bonds. The molecule has 21 heavy (non-hydrogen) atoms. The van der Waals surface area contributed by atoms with Gasteiger partial charge < -0.3 is 16.0 Å². The number of nitrogens with zero attached hydrogens (tertiary/aromatic N) is 2. The molecular formula is C15H16F2N4. The van der Waals surface area contributed by atoms with Crippen molar-refractivity contribution in [3.63, 3.8) is 0 Å². The van der Waals surface area contributed by atoms with Gasteiger partial charge in [-0.15, -0.1) is 0 Å². The Hall–Kier alpha value is -2.37. The lowest BCUT2D eigenvalue weighted by molar-refractivity contribution is 0.581. The Labute approximate surface area is 121 Å². The minimum atomic E-state index is -0.859. The summed E-state index contributed by atoms with van der Waals surface area (Å²) in [4.78, 5) is 5.98. The summed E-state index contributed by atoms with van der Waals surface area (Å²) in [6, 6.07) is 8.35. The van der Waals surface area contributed by atoms with Gasteiger partial charge in [0.15, 0.2) is 23.3 Å². The van der Waals surface area contributed by atoms with Crippen molar-refractivity contribution < 1.29 is 8.78 Å². The maximum absolute atomic E-state index is 13.6. The third-order valence-electron chi connectivity index (χ3n) is 3.56. The zero-order chi connectivity index (χ0) is 14.8. The molecule has 1 saturated heterocycles. The molecule has 1 aliphatic rings. The van der Waals surface area contributed by atoms with Gasteiger partial charge in [0.1, 0.15) is 0 Å². The van der Waals surface area contributed by atoms with E-state index in [1.54, 1.807) is 0 Å². The second-order valence-electron chi connectivity index (χ2n) is 5.05. The zero-order valence-corrected chi connectivity index (χ0v) is 11.4. The molecule has 0 bridgehead atoms. The highest BCUT2D eigenvalue weighted by Crippen LogP contribution is 2.25. The van der Waals surface area contributed by atoms with E-state index in [0.29, 0.717) is 5.69 Å². The summed E-state index contributed by atoms with van der Waals surface area (Å²) >= 11 is 0. The maximum Gasteiger partial charge on any atom is 0.169 e. The average molecular weight is 290 g/mol. The van der Waals surface area contributed by atoms with E-state index in [2.05, 4.69) is 15.2 Å². The number of anilines is 4. The highest BCUT2D eigenvalue weighted by molar-refractivity contribution is 5.62. The molecule has 0 aliphatic carbocycles. The Morgan fingerprint density at radius 3 is 2.38 bits per heavy atom. The Balaban J connectivity index is 1.77. The minimum Gasteiger partial charge on any atom is -0.381 e. The summed E-state index contributed by atoms with van der Waals surface area (Å²) in [6.07, 6.45) is 2.42. The quantitative estimate of drug-likeness (QED) is 0.911. The van der Waals surface area contributed by atoms with Crippen molar-refractivity contribution in [3.8, 4) is 0 Å². The molecule has 0 atom stereocenters. The Morgan fingerprint density at radius 2 is 1.71 bits per heavy atom. The first kappa shape index (κ1) is 13.6. The molecule has 0 saturated carbocycles. The second-order valence-corrected chi connectivity index (χ2v) is 5.05. The minimum absolute atomic E-state index is 0.0807. The molecule has 1 aromatic carbocycles. The Morgan fingerprint density at radius 1 is 1.05 bits per heavy atom. The van der Waals surface area contributed by atoms with Gasteiger partial charge in [-0.1, -0.05) is 0 Å². The van der Waals surface area contributed by atoms with Crippen molar-refractivity contribution in [1.82, 2.24) is 4.98 Å². The van der Waals surface area contributed by atoms with Gasteiger partial charge in [-0.05, 0) is 37.1 Å². The number of nitrogens with one attached hydrogen (secondary N) is 1. The lowest BCUT2D eigenvalue weighted by Crippen LogP contribution is -2.17. The number of benzene rings is 1. The first-order valence-corrected chi connectivity index (χ1v) is 6.87. The standard InChI is InChI=1S/C15H16F2N4/c16-12-9-13(17)15(20-14(12)18)19-10-3-5-11(6-4-10)21-7-1-2-8-21/h3-6,9H,1-2,7-8H2,(H3,18,19,20). The molecule has 4 nitrogen and oxygen atoms in total. The number of halogens is 2. The number of hydrogen-bond acceptors (Lipinski definition) is 4. The first-order valence-electron chi connectivity index (χ1n) is 6.87. The van der Waals surface area contributed by atoms with Gasteiger partial charge in [-0.25, -0.2) is 13.8 Å². The van der Waals surface area contributed by atoms with E-state index < -0.39 is 11.6 Å². The van der Waals surface area contributed by atoms with E-state index in [4.69, 9.17) is 5.73 Å². The molecule has 3 rings (SSSR count). The molecule has 2 aromatic rings. The summed E-state index contributed by atoms with van der Waals surface area (Å²) in [5.41, 5.74) is 7.17. The van der Waals surface area contributed by atoms with Crippen LogP contribution in [0.5, 0.6) is 0 Å². The van der Waals surface area contributed by atoms with E-state index in [1.165, 1.54) is 12.8 Å². The number of rotatable bonds is 3. The van der Waals surface area contributed by atoms with E-state index in [1.807, 2.05) is 24.3 Å². The van der Waals surface area contributed by atoms with Gasteiger partial charge in [0.2, 0.25) is 0 Å². The number of nitrogen functional groups attached to an aromatic ring is 1. The van der Waals surface area contributed by atoms with Gasteiger partial charge in [-0.2, -0.15) is 0 Å². The van der Waals surface area contributed by atoms with Crippen LogP contribution in [0.2, 0.25) is 0 Å². The molecule has 6 heteroatoms. The number of hydrogen-bond donors (Lipinski definition) is 2. The SMILES string of the molecule is Nc1nc(Nc2ccc(N3CCCC3)cc2)c(F)cc1F. The monoisotopic (exact) mass is 290 g/mol. The molecule has 1 aliphatic heterocycles. The molecule has 1 aromatic heterocycles. The van der Waals surface area contributed by atoms with Crippen molar-refractivity contribution in [3.05, 3.63) is 42.0 Å². The van der Waals surface area contributed by atoms with Crippen LogP contribution in [-0.4, -0.2) is 18.1 Å². The molecule has 2 heterocycles. The smallest absolute Gasteiger partial charge is 0.169 e. The van der Waals surface area contributed by atoms with E-state index in [0.717, 1.165) is 24.8 Å². The van der Waals surface area contributed by atoms with Crippen LogP contribution in [0.15, 0.2) is 30.3 Å². The van der Waals surface area contributed by atoms with E-state index in [-0.39, 0.29) is 11.6 Å². The number of aromatic nitrogens is 1. The highest BCUT2D eigenvalue weighted by Gasteiger charge is 2.13. The van der Waals surface area contributed by atoms with Crippen LogP contribution in [0.4, 0.5) is 31.8 Å². The van der Waals surface area contributed by atoms with Gasteiger partial charge in [0.25, 0.3) is 0 Å². The normalized spacial score (nSPS) is 14.5. The third kappa shape index (κ3) is 2.89. The van der Waals surface area contributed by atoms with Gasteiger partial charge in [0.05, 0.1) is 0 Å². The zero-order valence-electron chi connectivity index (χ0n) is 11.4. The molecule has 0 radical (unpaired) electrons. The van der Waals surface area contributed by atoms with Crippen molar-refractivity contribution >= 4 is 23.0 Å². The lowest BCUT2D eigenvalue weighted by Gasteiger charge is -2.18. The Kier molecular flexibility index (Phi) is 3.60. The van der Waals surface area contributed by atoms with Crippen LogP contribution in [0, 0.1) is 11.6 Å².